The molecule has 9 heteroatoms. The lowest BCUT2D eigenvalue weighted by Gasteiger charge is -2.26. The SMILES string of the molecule is CN=C(NCC(=O)NCc1ccco1)NCC1CC(=O)Nc2ccccc21.I. The number of hydrogen-bond acceptors (Lipinski definition) is 4. The Labute approximate surface area is 180 Å². The van der Waals surface area contributed by atoms with Crippen LogP contribution in [0.2, 0.25) is 0 Å². The number of amides is 2. The highest BCUT2D eigenvalue weighted by Crippen LogP contribution is 2.31. The normalized spacial score (nSPS) is 15.7. The Morgan fingerprint density at radius 3 is 2.79 bits per heavy atom. The summed E-state index contributed by atoms with van der Waals surface area (Å²) in [5.41, 5.74) is 1.94. The monoisotopic (exact) mass is 497 g/mol. The molecule has 0 fully saturated rings. The fourth-order valence-corrected chi connectivity index (χ4v) is 2.95. The predicted molar refractivity (Wildman–Crippen MR) is 118 cm³/mol. The first-order valence-electron chi connectivity index (χ1n) is 8.78. The fourth-order valence-electron chi connectivity index (χ4n) is 2.95. The molecule has 0 spiro atoms. The molecule has 8 nitrogen and oxygen atoms in total. The number of para-hydroxylation sites is 1. The summed E-state index contributed by atoms with van der Waals surface area (Å²) in [6.45, 7) is 0.966. The molecule has 0 saturated carbocycles. The third-order valence-corrected chi connectivity index (χ3v) is 4.30. The lowest BCUT2D eigenvalue weighted by Crippen LogP contribution is -2.44. The molecule has 1 aliphatic heterocycles. The number of benzene rings is 1. The lowest BCUT2D eigenvalue weighted by atomic mass is 9.90. The van der Waals surface area contributed by atoms with Gasteiger partial charge in [0.1, 0.15) is 5.76 Å². The standard InChI is InChI=1S/C19H23N5O3.HI/c1-20-19(23-12-18(26)21-11-14-5-4-8-27-14)22-10-13-9-17(25)24-16-7-3-2-6-15(13)16;/h2-8,13H,9-12H2,1H3,(H,21,26)(H,24,25)(H2,20,22,23);1H. The zero-order valence-electron chi connectivity index (χ0n) is 15.5. The van der Waals surface area contributed by atoms with Crippen molar-refractivity contribution < 1.29 is 14.0 Å². The largest absolute Gasteiger partial charge is 0.467 e. The van der Waals surface area contributed by atoms with Gasteiger partial charge in [0.2, 0.25) is 11.8 Å². The third kappa shape index (κ3) is 5.98. The van der Waals surface area contributed by atoms with Crippen molar-refractivity contribution in [3.05, 3.63) is 54.0 Å². The zero-order chi connectivity index (χ0) is 19.1. The summed E-state index contributed by atoms with van der Waals surface area (Å²) in [4.78, 5) is 27.9. The van der Waals surface area contributed by atoms with E-state index in [9.17, 15) is 9.59 Å². The molecule has 0 radical (unpaired) electrons. The van der Waals surface area contributed by atoms with Crippen LogP contribution in [0, 0.1) is 0 Å². The Bertz CT molecular complexity index is 823. The number of carbonyl (C=O) groups excluding carboxylic acids is 2. The molecule has 0 bridgehead atoms. The molecule has 2 amide bonds. The molecule has 3 rings (SSSR count). The number of aliphatic imine (C=N–C) groups is 1. The molecular formula is C19H24IN5O3. The van der Waals surface area contributed by atoms with Gasteiger partial charge in [0, 0.05) is 31.6 Å². The number of guanidine groups is 1. The van der Waals surface area contributed by atoms with Gasteiger partial charge in [-0.05, 0) is 23.8 Å². The summed E-state index contributed by atoms with van der Waals surface area (Å²) in [6, 6.07) is 11.3. The molecule has 0 aliphatic carbocycles. The van der Waals surface area contributed by atoms with Gasteiger partial charge in [0.25, 0.3) is 0 Å². The minimum Gasteiger partial charge on any atom is -0.467 e. The summed E-state index contributed by atoms with van der Waals surface area (Å²) >= 11 is 0. The van der Waals surface area contributed by atoms with E-state index in [2.05, 4.69) is 26.3 Å². The van der Waals surface area contributed by atoms with Crippen LogP contribution in [0.1, 0.15) is 23.7 Å². The minimum absolute atomic E-state index is 0. The number of nitrogens with one attached hydrogen (secondary N) is 4. The highest BCUT2D eigenvalue weighted by atomic mass is 127. The van der Waals surface area contributed by atoms with Crippen molar-refractivity contribution in [2.75, 3.05) is 25.5 Å². The summed E-state index contributed by atoms with van der Waals surface area (Å²) < 4.78 is 5.17. The van der Waals surface area contributed by atoms with Crippen LogP contribution < -0.4 is 21.3 Å². The Hall–Kier alpha value is -2.56. The molecule has 1 atom stereocenters. The van der Waals surface area contributed by atoms with Gasteiger partial charge in [-0.3, -0.25) is 14.6 Å². The number of hydrogen-bond donors (Lipinski definition) is 4. The Kier molecular flexibility index (Phi) is 8.30. The second kappa shape index (κ2) is 10.7. The van der Waals surface area contributed by atoms with Crippen molar-refractivity contribution in [3.63, 3.8) is 0 Å². The molecule has 150 valence electrons. The average Bonchev–Trinajstić information content (AvgIpc) is 3.19. The van der Waals surface area contributed by atoms with Gasteiger partial charge < -0.3 is 25.7 Å². The Balaban J connectivity index is 0.00000280. The van der Waals surface area contributed by atoms with E-state index in [1.165, 1.54) is 0 Å². The third-order valence-electron chi connectivity index (χ3n) is 4.30. The van der Waals surface area contributed by atoms with E-state index in [0.717, 1.165) is 11.3 Å². The molecule has 4 N–H and O–H groups in total. The topological polar surface area (TPSA) is 108 Å². The molecule has 1 aromatic heterocycles. The van der Waals surface area contributed by atoms with E-state index in [1.807, 2.05) is 24.3 Å². The van der Waals surface area contributed by atoms with Gasteiger partial charge in [-0.1, -0.05) is 18.2 Å². The average molecular weight is 497 g/mol. The van der Waals surface area contributed by atoms with Gasteiger partial charge in [0.05, 0.1) is 19.4 Å². The van der Waals surface area contributed by atoms with Gasteiger partial charge in [-0.2, -0.15) is 0 Å². The maximum absolute atomic E-state index is 11.9. The fraction of sp³-hybridized carbons (Fsp3) is 0.316. The first-order valence-corrected chi connectivity index (χ1v) is 8.78. The molecule has 1 unspecified atom stereocenters. The van der Waals surface area contributed by atoms with Gasteiger partial charge in [-0.25, -0.2) is 0 Å². The second-order valence-electron chi connectivity index (χ2n) is 6.20. The highest BCUT2D eigenvalue weighted by molar-refractivity contribution is 14.0. The van der Waals surface area contributed by atoms with Crippen LogP contribution in [-0.2, 0) is 16.1 Å². The van der Waals surface area contributed by atoms with Crippen LogP contribution in [0.4, 0.5) is 5.69 Å². The Morgan fingerprint density at radius 2 is 2.04 bits per heavy atom. The number of halogens is 1. The van der Waals surface area contributed by atoms with Crippen LogP contribution in [0.15, 0.2) is 52.1 Å². The van der Waals surface area contributed by atoms with Crippen molar-refractivity contribution >= 4 is 47.4 Å². The van der Waals surface area contributed by atoms with Crippen LogP contribution >= 0.6 is 24.0 Å². The van der Waals surface area contributed by atoms with E-state index in [-0.39, 0.29) is 48.3 Å². The molecule has 28 heavy (non-hydrogen) atoms. The van der Waals surface area contributed by atoms with E-state index in [0.29, 0.717) is 31.2 Å². The second-order valence-corrected chi connectivity index (χ2v) is 6.20. The van der Waals surface area contributed by atoms with Crippen molar-refractivity contribution in [1.29, 1.82) is 0 Å². The van der Waals surface area contributed by atoms with E-state index in [1.54, 1.807) is 25.4 Å². The quantitative estimate of drug-likeness (QED) is 0.277. The first-order chi connectivity index (χ1) is 13.2. The number of fused-ring (bicyclic) bond motifs is 1. The van der Waals surface area contributed by atoms with E-state index < -0.39 is 0 Å². The van der Waals surface area contributed by atoms with Crippen molar-refractivity contribution in [1.82, 2.24) is 16.0 Å². The van der Waals surface area contributed by atoms with Gasteiger partial charge >= 0.3 is 0 Å². The molecule has 2 heterocycles. The minimum atomic E-state index is -0.170. The van der Waals surface area contributed by atoms with Crippen LogP contribution in [-0.4, -0.2) is 37.9 Å². The molecule has 1 aromatic carbocycles. The van der Waals surface area contributed by atoms with Gasteiger partial charge in [0.15, 0.2) is 5.96 Å². The van der Waals surface area contributed by atoms with Crippen LogP contribution in [0.25, 0.3) is 0 Å². The highest BCUT2D eigenvalue weighted by Gasteiger charge is 2.24. The number of anilines is 1. The van der Waals surface area contributed by atoms with Crippen molar-refractivity contribution in [2.24, 2.45) is 4.99 Å². The van der Waals surface area contributed by atoms with Crippen molar-refractivity contribution in [2.45, 2.75) is 18.9 Å². The van der Waals surface area contributed by atoms with E-state index >= 15 is 0 Å². The number of furan rings is 1. The lowest BCUT2D eigenvalue weighted by molar-refractivity contribution is -0.120. The number of rotatable bonds is 6. The van der Waals surface area contributed by atoms with Crippen LogP contribution in [0.5, 0.6) is 0 Å². The van der Waals surface area contributed by atoms with E-state index in [4.69, 9.17) is 4.42 Å². The summed E-state index contributed by atoms with van der Waals surface area (Å²) in [5.74, 6) is 1.07. The predicted octanol–water partition coefficient (Wildman–Crippen LogP) is 1.80. The number of carbonyl (C=O) groups is 2. The number of nitrogens with zero attached hydrogens (tertiary/aromatic N) is 1. The maximum atomic E-state index is 11.9. The zero-order valence-corrected chi connectivity index (χ0v) is 17.9. The Morgan fingerprint density at radius 1 is 1.21 bits per heavy atom. The molecule has 0 saturated heterocycles. The van der Waals surface area contributed by atoms with Crippen molar-refractivity contribution in [3.8, 4) is 0 Å². The smallest absolute Gasteiger partial charge is 0.239 e. The van der Waals surface area contributed by atoms with Crippen LogP contribution in [0.3, 0.4) is 0 Å². The van der Waals surface area contributed by atoms with Gasteiger partial charge in [-0.15, -0.1) is 24.0 Å². The molecule has 1 aliphatic rings. The first kappa shape index (κ1) is 21.7. The molecule has 2 aromatic rings. The summed E-state index contributed by atoms with van der Waals surface area (Å²) in [6.07, 6.45) is 1.97. The summed E-state index contributed by atoms with van der Waals surface area (Å²) in [7, 11) is 1.64. The molecular weight excluding hydrogens is 473 g/mol. The maximum Gasteiger partial charge on any atom is 0.239 e. The summed E-state index contributed by atoms with van der Waals surface area (Å²) in [5, 5.41) is 11.8.